The molecule has 0 saturated heterocycles. The first-order chi connectivity index (χ1) is 7.75. The maximum atomic E-state index is 9.58. The fourth-order valence-corrected chi connectivity index (χ4v) is 1.49. The highest BCUT2D eigenvalue weighted by atomic mass is 16.3. The van der Waals surface area contributed by atoms with Crippen molar-refractivity contribution in [2.45, 2.75) is 6.92 Å². The van der Waals surface area contributed by atoms with Gasteiger partial charge in [-0.15, -0.1) is 0 Å². The van der Waals surface area contributed by atoms with Crippen molar-refractivity contribution in [1.29, 1.82) is 0 Å². The Morgan fingerprint density at radius 1 is 0.875 bits per heavy atom. The third kappa shape index (κ3) is 2.51. The molecular formula is C15H14O. The summed E-state index contributed by atoms with van der Waals surface area (Å²) in [6.45, 7) is 2.07. The van der Waals surface area contributed by atoms with E-state index in [-0.39, 0.29) is 0 Å². The molecule has 2 rings (SSSR count). The highest BCUT2D eigenvalue weighted by molar-refractivity contribution is 5.72. The van der Waals surface area contributed by atoms with Gasteiger partial charge in [-0.2, -0.15) is 0 Å². The highest BCUT2D eigenvalue weighted by Crippen LogP contribution is 2.18. The van der Waals surface area contributed by atoms with Crippen molar-refractivity contribution >= 4 is 12.2 Å². The van der Waals surface area contributed by atoms with E-state index in [0.717, 1.165) is 11.1 Å². The quantitative estimate of drug-likeness (QED) is 0.746. The van der Waals surface area contributed by atoms with Gasteiger partial charge in [0.05, 0.1) is 0 Å². The number of hydrogen-bond donors (Lipinski definition) is 1. The van der Waals surface area contributed by atoms with Crippen LogP contribution in [-0.4, -0.2) is 5.11 Å². The molecule has 0 amide bonds. The minimum Gasteiger partial charge on any atom is -0.507 e. The van der Waals surface area contributed by atoms with Crippen molar-refractivity contribution in [1.82, 2.24) is 0 Å². The second-order valence-corrected chi connectivity index (χ2v) is 3.80. The summed E-state index contributed by atoms with van der Waals surface area (Å²) in [6, 6.07) is 15.6. The number of benzene rings is 2. The van der Waals surface area contributed by atoms with Crippen LogP contribution in [0.15, 0.2) is 48.5 Å². The summed E-state index contributed by atoms with van der Waals surface area (Å²) < 4.78 is 0. The van der Waals surface area contributed by atoms with Crippen LogP contribution in [0.5, 0.6) is 5.75 Å². The number of hydrogen-bond acceptors (Lipinski definition) is 1. The first kappa shape index (κ1) is 10.5. The van der Waals surface area contributed by atoms with Crippen LogP contribution in [0, 0.1) is 6.92 Å². The van der Waals surface area contributed by atoms with Gasteiger partial charge in [0.25, 0.3) is 0 Å². The van der Waals surface area contributed by atoms with Crippen LogP contribution in [0.4, 0.5) is 0 Å². The molecule has 16 heavy (non-hydrogen) atoms. The number of aryl methyl sites for hydroxylation is 1. The van der Waals surface area contributed by atoms with E-state index >= 15 is 0 Å². The van der Waals surface area contributed by atoms with Crippen LogP contribution in [0.3, 0.4) is 0 Å². The Balaban J connectivity index is 2.21. The van der Waals surface area contributed by atoms with Crippen molar-refractivity contribution in [3.63, 3.8) is 0 Å². The van der Waals surface area contributed by atoms with Crippen molar-refractivity contribution in [3.05, 3.63) is 65.2 Å². The topological polar surface area (TPSA) is 20.2 Å². The summed E-state index contributed by atoms with van der Waals surface area (Å²) in [5, 5.41) is 9.58. The maximum Gasteiger partial charge on any atom is 0.122 e. The van der Waals surface area contributed by atoms with Crippen molar-refractivity contribution in [3.8, 4) is 5.75 Å². The molecule has 1 N–H and O–H groups in total. The standard InChI is InChI=1S/C15H14O/c1-12-6-8-13(9-7-12)10-11-14-4-2-3-5-15(14)16/h2-11,16H,1H3. The van der Waals surface area contributed by atoms with Crippen LogP contribution in [0.2, 0.25) is 0 Å². The third-order valence-electron chi connectivity index (χ3n) is 2.47. The summed E-state index contributed by atoms with van der Waals surface area (Å²) in [5.41, 5.74) is 3.22. The predicted octanol–water partition coefficient (Wildman–Crippen LogP) is 3.87. The van der Waals surface area contributed by atoms with Crippen molar-refractivity contribution in [2.24, 2.45) is 0 Å². The van der Waals surface area contributed by atoms with Gasteiger partial charge in [0.1, 0.15) is 5.75 Å². The van der Waals surface area contributed by atoms with E-state index in [1.54, 1.807) is 6.07 Å². The van der Waals surface area contributed by atoms with Crippen LogP contribution in [0.25, 0.3) is 12.2 Å². The van der Waals surface area contributed by atoms with Gasteiger partial charge in [-0.3, -0.25) is 0 Å². The Morgan fingerprint density at radius 3 is 2.25 bits per heavy atom. The molecule has 2 aromatic carbocycles. The average Bonchev–Trinajstić information content (AvgIpc) is 2.30. The minimum absolute atomic E-state index is 0.311. The van der Waals surface area contributed by atoms with Gasteiger partial charge in [-0.25, -0.2) is 0 Å². The Morgan fingerprint density at radius 2 is 1.56 bits per heavy atom. The normalized spacial score (nSPS) is 10.8. The monoisotopic (exact) mass is 210 g/mol. The number of phenols is 1. The lowest BCUT2D eigenvalue weighted by Crippen LogP contribution is -1.75. The van der Waals surface area contributed by atoms with Gasteiger partial charge in [0.2, 0.25) is 0 Å². The molecule has 0 atom stereocenters. The molecule has 1 nitrogen and oxygen atoms in total. The molecule has 0 aliphatic heterocycles. The number of phenolic OH excluding ortho intramolecular Hbond substituents is 1. The fourth-order valence-electron chi connectivity index (χ4n) is 1.49. The average molecular weight is 210 g/mol. The summed E-state index contributed by atoms with van der Waals surface area (Å²) in [5.74, 6) is 0.311. The van der Waals surface area contributed by atoms with Gasteiger partial charge in [0, 0.05) is 5.56 Å². The largest absolute Gasteiger partial charge is 0.507 e. The van der Waals surface area contributed by atoms with E-state index in [9.17, 15) is 5.11 Å². The molecule has 0 bridgehead atoms. The summed E-state index contributed by atoms with van der Waals surface area (Å²) in [7, 11) is 0. The molecule has 2 aromatic rings. The lowest BCUT2D eigenvalue weighted by atomic mass is 10.1. The molecule has 0 aromatic heterocycles. The summed E-state index contributed by atoms with van der Waals surface area (Å²) in [6.07, 6.45) is 3.91. The van der Waals surface area contributed by atoms with E-state index in [1.807, 2.05) is 30.4 Å². The highest BCUT2D eigenvalue weighted by Gasteiger charge is 1.93. The van der Waals surface area contributed by atoms with Crippen LogP contribution >= 0.6 is 0 Å². The van der Waals surface area contributed by atoms with E-state index in [4.69, 9.17) is 0 Å². The van der Waals surface area contributed by atoms with Crippen molar-refractivity contribution in [2.75, 3.05) is 0 Å². The Bertz CT molecular complexity index is 495. The Hall–Kier alpha value is -2.02. The lowest BCUT2D eigenvalue weighted by Gasteiger charge is -1.98. The van der Waals surface area contributed by atoms with Crippen molar-refractivity contribution < 1.29 is 5.11 Å². The van der Waals surface area contributed by atoms with Gasteiger partial charge in [-0.1, -0.05) is 60.2 Å². The fraction of sp³-hybridized carbons (Fsp3) is 0.0667. The molecule has 0 fully saturated rings. The summed E-state index contributed by atoms with van der Waals surface area (Å²) in [4.78, 5) is 0. The van der Waals surface area contributed by atoms with Gasteiger partial charge in [0.15, 0.2) is 0 Å². The molecule has 0 heterocycles. The number of rotatable bonds is 2. The zero-order valence-corrected chi connectivity index (χ0v) is 9.22. The first-order valence-corrected chi connectivity index (χ1v) is 5.28. The molecule has 0 aliphatic rings. The lowest BCUT2D eigenvalue weighted by molar-refractivity contribution is 0.474. The van der Waals surface area contributed by atoms with Gasteiger partial charge < -0.3 is 5.11 Å². The second kappa shape index (κ2) is 4.67. The molecule has 0 unspecified atom stereocenters. The summed E-state index contributed by atoms with van der Waals surface area (Å²) >= 11 is 0. The van der Waals surface area contributed by atoms with Crippen LogP contribution in [0.1, 0.15) is 16.7 Å². The minimum atomic E-state index is 0.311. The smallest absolute Gasteiger partial charge is 0.122 e. The molecule has 1 heteroatoms. The number of para-hydroxylation sites is 1. The van der Waals surface area contributed by atoms with Gasteiger partial charge in [-0.05, 0) is 18.6 Å². The third-order valence-corrected chi connectivity index (χ3v) is 2.47. The zero-order valence-electron chi connectivity index (χ0n) is 9.22. The SMILES string of the molecule is Cc1ccc(C=Cc2ccccc2O)cc1. The molecular weight excluding hydrogens is 196 g/mol. The first-order valence-electron chi connectivity index (χ1n) is 5.28. The van der Waals surface area contributed by atoms with E-state index < -0.39 is 0 Å². The van der Waals surface area contributed by atoms with Crippen LogP contribution < -0.4 is 0 Å². The molecule has 0 saturated carbocycles. The van der Waals surface area contributed by atoms with E-state index in [0.29, 0.717) is 5.75 Å². The molecule has 0 spiro atoms. The van der Waals surface area contributed by atoms with Crippen LogP contribution in [-0.2, 0) is 0 Å². The predicted molar refractivity (Wildman–Crippen MR) is 68.2 cm³/mol. The molecule has 0 aliphatic carbocycles. The molecule has 80 valence electrons. The Labute approximate surface area is 95.7 Å². The maximum absolute atomic E-state index is 9.58. The second-order valence-electron chi connectivity index (χ2n) is 3.80. The number of aromatic hydroxyl groups is 1. The van der Waals surface area contributed by atoms with E-state index in [1.165, 1.54) is 5.56 Å². The Kier molecular flexibility index (Phi) is 3.06. The molecule has 0 radical (unpaired) electrons. The van der Waals surface area contributed by atoms with E-state index in [2.05, 4.69) is 31.2 Å². The zero-order chi connectivity index (χ0) is 11.4. The van der Waals surface area contributed by atoms with Gasteiger partial charge >= 0.3 is 0 Å².